The SMILES string of the molecule is O=S(=O)([O-])c1cc(-c2ccc(F)cc2)ccc1F.[K+]. The summed E-state index contributed by atoms with van der Waals surface area (Å²) in [5.41, 5.74) is 0.812. The van der Waals surface area contributed by atoms with Crippen LogP contribution in [0.25, 0.3) is 11.1 Å². The molecule has 0 unspecified atom stereocenters. The van der Waals surface area contributed by atoms with E-state index in [1.807, 2.05) is 0 Å². The van der Waals surface area contributed by atoms with Crippen molar-refractivity contribution in [2.75, 3.05) is 0 Å². The van der Waals surface area contributed by atoms with E-state index in [1.165, 1.54) is 30.3 Å². The molecule has 0 heterocycles. The molecule has 0 aliphatic heterocycles. The third-order valence-corrected chi connectivity index (χ3v) is 3.23. The molecule has 3 nitrogen and oxygen atoms in total. The Bertz CT molecular complexity index is 685. The number of halogens is 2. The molecule has 0 N–H and O–H groups in total. The fraction of sp³-hybridized carbons (Fsp3) is 0. The Hall–Kier alpha value is -0.154. The number of benzene rings is 2. The average molecular weight is 308 g/mol. The van der Waals surface area contributed by atoms with Crippen molar-refractivity contribution in [1.82, 2.24) is 0 Å². The van der Waals surface area contributed by atoms with Crippen LogP contribution in [0.15, 0.2) is 47.4 Å². The van der Waals surface area contributed by atoms with E-state index in [0.29, 0.717) is 11.1 Å². The second-order valence-corrected chi connectivity index (χ2v) is 4.95. The van der Waals surface area contributed by atoms with Crippen molar-refractivity contribution in [2.24, 2.45) is 0 Å². The van der Waals surface area contributed by atoms with E-state index in [-0.39, 0.29) is 51.4 Å². The van der Waals surface area contributed by atoms with Crippen LogP contribution >= 0.6 is 0 Å². The monoisotopic (exact) mass is 308 g/mol. The maximum atomic E-state index is 13.2. The quantitative estimate of drug-likeness (QED) is 0.557. The van der Waals surface area contributed by atoms with Crippen LogP contribution in [0.5, 0.6) is 0 Å². The van der Waals surface area contributed by atoms with Gasteiger partial charge in [-0.25, -0.2) is 17.2 Å². The third kappa shape index (κ3) is 4.15. The van der Waals surface area contributed by atoms with Crippen molar-refractivity contribution in [3.05, 3.63) is 54.1 Å². The van der Waals surface area contributed by atoms with Crippen LogP contribution in [0, 0.1) is 11.6 Å². The fourth-order valence-corrected chi connectivity index (χ4v) is 2.10. The predicted molar refractivity (Wildman–Crippen MR) is 59.8 cm³/mol. The minimum absolute atomic E-state index is 0. The van der Waals surface area contributed by atoms with Gasteiger partial charge in [0, 0.05) is 0 Å². The van der Waals surface area contributed by atoms with Crippen LogP contribution in [0.2, 0.25) is 0 Å². The van der Waals surface area contributed by atoms with Crippen molar-refractivity contribution in [2.45, 2.75) is 4.90 Å². The smallest absolute Gasteiger partial charge is 0.744 e. The van der Waals surface area contributed by atoms with E-state index < -0.39 is 26.6 Å². The molecule has 0 spiro atoms. The van der Waals surface area contributed by atoms with Gasteiger partial charge in [-0.1, -0.05) is 18.2 Å². The summed E-state index contributed by atoms with van der Waals surface area (Å²) in [4.78, 5) is -0.913. The van der Waals surface area contributed by atoms with Crippen LogP contribution < -0.4 is 51.4 Å². The molecule has 19 heavy (non-hydrogen) atoms. The summed E-state index contributed by atoms with van der Waals surface area (Å²) < 4.78 is 58.4. The van der Waals surface area contributed by atoms with E-state index in [1.54, 1.807) is 0 Å². The van der Waals surface area contributed by atoms with Crippen molar-refractivity contribution in [1.29, 1.82) is 0 Å². The van der Waals surface area contributed by atoms with Gasteiger partial charge in [0.15, 0.2) is 0 Å². The van der Waals surface area contributed by atoms with Crippen molar-refractivity contribution < 1.29 is 73.1 Å². The van der Waals surface area contributed by atoms with E-state index in [4.69, 9.17) is 0 Å². The van der Waals surface area contributed by atoms with Crippen LogP contribution in [0.4, 0.5) is 8.78 Å². The third-order valence-electron chi connectivity index (χ3n) is 2.38. The molecule has 0 aliphatic carbocycles. The van der Waals surface area contributed by atoms with E-state index >= 15 is 0 Å². The van der Waals surface area contributed by atoms with Gasteiger partial charge in [0.2, 0.25) is 0 Å². The molecule has 0 aliphatic rings. The Morgan fingerprint density at radius 1 is 0.895 bits per heavy atom. The number of hydrogen-bond acceptors (Lipinski definition) is 3. The summed E-state index contributed by atoms with van der Waals surface area (Å²) in [5, 5.41) is 0. The largest absolute Gasteiger partial charge is 1.00 e. The Balaban J connectivity index is 0.00000180. The normalized spacial score (nSPS) is 10.9. The van der Waals surface area contributed by atoms with Gasteiger partial charge in [0.25, 0.3) is 0 Å². The fourth-order valence-electron chi connectivity index (χ4n) is 1.52. The Morgan fingerprint density at radius 2 is 1.42 bits per heavy atom. The molecule has 2 rings (SSSR count). The molecule has 0 bridgehead atoms. The van der Waals surface area contributed by atoms with Crippen LogP contribution in [-0.2, 0) is 10.1 Å². The Morgan fingerprint density at radius 3 is 1.95 bits per heavy atom. The van der Waals surface area contributed by atoms with Gasteiger partial charge in [-0.2, -0.15) is 0 Å². The standard InChI is InChI=1S/C12H8F2O3S.K/c13-10-4-1-8(2-5-10)9-3-6-11(14)12(7-9)18(15,16)17;/h1-7H,(H,15,16,17);/q;+1/p-1. The van der Waals surface area contributed by atoms with Gasteiger partial charge < -0.3 is 4.55 Å². The second-order valence-electron chi connectivity index (χ2n) is 3.61. The summed E-state index contributed by atoms with van der Waals surface area (Å²) in [6, 6.07) is 8.33. The molecular weight excluding hydrogens is 301 g/mol. The summed E-state index contributed by atoms with van der Waals surface area (Å²) in [5.74, 6) is -1.55. The molecule has 0 fully saturated rings. The summed E-state index contributed by atoms with van der Waals surface area (Å²) in [6.45, 7) is 0. The molecule has 2 aromatic carbocycles. The van der Waals surface area contributed by atoms with E-state index in [2.05, 4.69) is 0 Å². The second kappa shape index (κ2) is 6.53. The first kappa shape index (κ1) is 16.9. The molecule has 0 aromatic heterocycles. The zero-order chi connectivity index (χ0) is 13.3. The molecule has 7 heteroatoms. The van der Waals surface area contributed by atoms with Gasteiger partial charge >= 0.3 is 51.4 Å². The van der Waals surface area contributed by atoms with Gasteiger partial charge in [0.1, 0.15) is 21.8 Å². The van der Waals surface area contributed by atoms with Crippen LogP contribution in [0.1, 0.15) is 0 Å². The van der Waals surface area contributed by atoms with Gasteiger partial charge in [-0.3, -0.25) is 0 Å². The van der Waals surface area contributed by atoms with Gasteiger partial charge in [-0.15, -0.1) is 0 Å². The Kier molecular flexibility index (Phi) is 5.81. The molecule has 0 atom stereocenters. The maximum Gasteiger partial charge on any atom is 1.00 e. The maximum absolute atomic E-state index is 13.2. The summed E-state index contributed by atoms with van der Waals surface area (Å²) in [7, 11) is -4.87. The summed E-state index contributed by atoms with van der Waals surface area (Å²) >= 11 is 0. The van der Waals surface area contributed by atoms with E-state index in [0.717, 1.165) is 12.1 Å². The molecule has 94 valence electrons. The zero-order valence-corrected chi connectivity index (χ0v) is 13.9. The first-order chi connectivity index (χ1) is 8.38. The zero-order valence-electron chi connectivity index (χ0n) is 9.93. The van der Waals surface area contributed by atoms with Crippen LogP contribution in [0.3, 0.4) is 0 Å². The van der Waals surface area contributed by atoms with Crippen molar-refractivity contribution in [3.8, 4) is 11.1 Å². The minimum atomic E-state index is -4.87. The van der Waals surface area contributed by atoms with Crippen molar-refractivity contribution in [3.63, 3.8) is 0 Å². The predicted octanol–water partition coefficient (Wildman–Crippen LogP) is -0.460. The molecule has 0 radical (unpaired) electrons. The van der Waals surface area contributed by atoms with Crippen LogP contribution in [-0.4, -0.2) is 13.0 Å². The summed E-state index contributed by atoms with van der Waals surface area (Å²) in [6.07, 6.45) is 0. The first-order valence-electron chi connectivity index (χ1n) is 4.89. The average Bonchev–Trinajstić information content (AvgIpc) is 2.29. The molecule has 2 aromatic rings. The molecule has 0 amide bonds. The number of hydrogen-bond donors (Lipinski definition) is 0. The minimum Gasteiger partial charge on any atom is -0.744 e. The van der Waals surface area contributed by atoms with E-state index in [9.17, 15) is 21.8 Å². The first-order valence-corrected chi connectivity index (χ1v) is 6.30. The Labute approximate surface area is 151 Å². The topological polar surface area (TPSA) is 57.2 Å². The van der Waals surface area contributed by atoms with Crippen molar-refractivity contribution >= 4 is 10.1 Å². The molecule has 0 saturated carbocycles. The van der Waals surface area contributed by atoms with Gasteiger partial charge in [0.05, 0.1) is 4.90 Å². The molecular formula is C12H7F2KO3S. The number of rotatable bonds is 2. The molecule has 0 saturated heterocycles. The van der Waals surface area contributed by atoms with Gasteiger partial charge in [-0.05, 0) is 35.4 Å².